The largest absolute Gasteiger partial charge is 0.326 e. The number of hydrogen-bond donors (Lipinski definition) is 1. The second-order valence-electron chi connectivity index (χ2n) is 6.30. The van der Waals surface area contributed by atoms with E-state index in [1.54, 1.807) is 6.92 Å². The standard InChI is InChI=1S/C17H25N3O/c1-11(2)9-14(18)17-19-15-10-12(3)5-6-16(15)20(17)8-7-13(4)21/h5-6,10-11,14H,7-9,18H2,1-4H3. The molecule has 1 aromatic heterocycles. The van der Waals surface area contributed by atoms with Crippen LogP contribution in [0.3, 0.4) is 0 Å². The molecule has 0 radical (unpaired) electrons. The van der Waals surface area contributed by atoms with E-state index in [0.717, 1.165) is 23.3 Å². The summed E-state index contributed by atoms with van der Waals surface area (Å²) in [6.07, 6.45) is 1.41. The van der Waals surface area contributed by atoms with E-state index in [4.69, 9.17) is 10.7 Å². The van der Waals surface area contributed by atoms with Crippen LogP contribution in [0.15, 0.2) is 18.2 Å². The van der Waals surface area contributed by atoms with Crippen molar-refractivity contribution in [2.45, 2.75) is 53.1 Å². The third-order valence-electron chi connectivity index (χ3n) is 3.68. The van der Waals surface area contributed by atoms with Crippen LogP contribution >= 0.6 is 0 Å². The van der Waals surface area contributed by atoms with Crippen LogP contribution in [-0.2, 0) is 11.3 Å². The molecule has 0 fully saturated rings. The number of aromatic nitrogens is 2. The van der Waals surface area contributed by atoms with Crippen molar-refractivity contribution >= 4 is 16.8 Å². The van der Waals surface area contributed by atoms with Gasteiger partial charge in [0.25, 0.3) is 0 Å². The molecule has 21 heavy (non-hydrogen) atoms. The molecule has 0 saturated heterocycles. The van der Waals surface area contributed by atoms with Gasteiger partial charge in [0, 0.05) is 13.0 Å². The second-order valence-corrected chi connectivity index (χ2v) is 6.30. The average Bonchev–Trinajstić information content (AvgIpc) is 2.73. The maximum atomic E-state index is 11.3. The maximum absolute atomic E-state index is 11.3. The summed E-state index contributed by atoms with van der Waals surface area (Å²) in [5.74, 6) is 1.60. The zero-order valence-electron chi connectivity index (χ0n) is 13.4. The Labute approximate surface area is 126 Å². The summed E-state index contributed by atoms with van der Waals surface area (Å²) in [5.41, 5.74) is 9.55. The van der Waals surface area contributed by atoms with Crippen molar-refractivity contribution in [3.63, 3.8) is 0 Å². The summed E-state index contributed by atoms with van der Waals surface area (Å²) in [5, 5.41) is 0. The first-order chi connectivity index (χ1) is 9.88. The number of aryl methyl sites for hydroxylation is 2. The van der Waals surface area contributed by atoms with Crippen molar-refractivity contribution in [2.75, 3.05) is 0 Å². The first-order valence-corrected chi connectivity index (χ1v) is 7.60. The summed E-state index contributed by atoms with van der Waals surface area (Å²) in [6, 6.07) is 6.13. The highest BCUT2D eigenvalue weighted by Crippen LogP contribution is 2.24. The molecule has 1 aromatic carbocycles. The number of nitrogens with zero attached hydrogens (tertiary/aromatic N) is 2. The van der Waals surface area contributed by atoms with Crippen LogP contribution in [0.1, 0.15) is 51.0 Å². The van der Waals surface area contributed by atoms with Gasteiger partial charge in [0.05, 0.1) is 17.1 Å². The number of benzene rings is 1. The third-order valence-corrected chi connectivity index (χ3v) is 3.68. The van der Waals surface area contributed by atoms with E-state index in [1.807, 2.05) is 0 Å². The van der Waals surface area contributed by atoms with Gasteiger partial charge in [0.1, 0.15) is 11.6 Å². The minimum absolute atomic E-state index is 0.0929. The molecule has 2 rings (SSSR count). The Morgan fingerprint density at radius 1 is 1.38 bits per heavy atom. The van der Waals surface area contributed by atoms with Gasteiger partial charge in [-0.1, -0.05) is 19.9 Å². The summed E-state index contributed by atoms with van der Waals surface area (Å²) < 4.78 is 2.11. The number of fused-ring (bicyclic) bond motifs is 1. The zero-order valence-corrected chi connectivity index (χ0v) is 13.4. The highest BCUT2D eigenvalue weighted by Gasteiger charge is 2.18. The van der Waals surface area contributed by atoms with Crippen molar-refractivity contribution in [1.82, 2.24) is 9.55 Å². The number of imidazole rings is 1. The minimum atomic E-state index is -0.0929. The van der Waals surface area contributed by atoms with E-state index in [2.05, 4.69) is 43.5 Å². The van der Waals surface area contributed by atoms with E-state index < -0.39 is 0 Å². The second kappa shape index (κ2) is 6.39. The lowest BCUT2D eigenvalue weighted by molar-refractivity contribution is -0.117. The number of hydrogen-bond acceptors (Lipinski definition) is 3. The van der Waals surface area contributed by atoms with E-state index >= 15 is 0 Å². The highest BCUT2D eigenvalue weighted by atomic mass is 16.1. The fourth-order valence-corrected chi connectivity index (χ4v) is 2.66. The Kier molecular flexibility index (Phi) is 4.78. The molecule has 0 aliphatic carbocycles. The maximum Gasteiger partial charge on any atom is 0.131 e. The highest BCUT2D eigenvalue weighted by molar-refractivity contribution is 5.78. The van der Waals surface area contributed by atoms with Gasteiger partial charge in [-0.25, -0.2) is 4.98 Å². The fraction of sp³-hybridized carbons (Fsp3) is 0.529. The summed E-state index contributed by atoms with van der Waals surface area (Å²) in [6.45, 7) is 8.65. The molecule has 2 N–H and O–H groups in total. The van der Waals surface area contributed by atoms with Crippen LogP contribution < -0.4 is 5.73 Å². The van der Waals surface area contributed by atoms with Crippen LogP contribution in [0.2, 0.25) is 0 Å². The Balaban J connectivity index is 2.45. The van der Waals surface area contributed by atoms with Gasteiger partial charge in [-0.15, -0.1) is 0 Å². The molecule has 0 aliphatic rings. The van der Waals surface area contributed by atoms with E-state index in [9.17, 15) is 4.79 Å². The first-order valence-electron chi connectivity index (χ1n) is 7.60. The molecule has 2 aromatic rings. The SMILES string of the molecule is CC(=O)CCn1c(C(N)CC(C)C)nc2cc(C)ccc21. The molecule has 0 bridgehead atoms. The topological polar surface area (TPSA) is 60.9 Å². The smallest absolute Gasteiger partial charge is 0.131 e. The Morgan fingerprint density at radius 3 is 2.71 bits per heavy atom. The number of carbonyl (C=O) groups is 1. The van der Waals surface area contributed by atoms with Crippen molar-refractivity contribution in [2.24, 2.45) is 11.7 Å². The van der Waals surface area contributed by atoms with Gasteiger partial charge >= 0.3 is 0 Å². The van der Waals surface area contributed by atoms with Gasteiger partial charge in [0.2, 0.25) is 0 Å². The molecule has 0 amide bonds. The fourth-order valence-electron chi connectivity index (χ4n) is 2.66. The van der Waals surface area contributed by atoms with E-state index in [1.165, 1.54) is 5.56 Å². The van der Waals surface area contributed by atoms with Crippen LogP contribution in [0, 0.1) is 12.8 Å². The normalized spacial score (nSPS) is 13.0. The molecule has 1 unspecified atom stereocenters. The van der Waals surface area contributed by atoms with Crippen LogP contribution in [0.25, 0.3) is 11.0 Å². The van der Waals surface area contributed by atoms with Crippen molar-refractivity contribution in [3.05, 3.63) is 29.6 Å². The molecular weight excluding hydrogens is 262 g/mol. The number of Topliss-reactive ketones (excluding diaryl/α,β-unsaturated/α-hetero) is 1. The Bertz CT molecular complexity index is 643. The number of nitrogens with two attached hydrogens (primary N) is 1. The molecule has 0 aliphatic heterocycles. The van der Waals surface area contributed by atoms with Crippen molar-refractivity contribution < 1.29 is 4.79 Å². The molecule has 0 spiro atoms. The molecule has 1 heterocycles. The molecule has 1 atom stereocenters. The van der Waals surface area contributed by atoms with E-state index in [-0.39, 0.29) is 11.8 Å². The number of ketones is 1. The first kappa shape index (κ1) is 15.7. The predicted molar refractivity (Wildman–Crippen MR) is 86.2 cm³/mol. The molecule has 114 valence electrons. The molecular formula is C17H25N3O. The van der Waals surface area contributed by atoms with Crippen LogP contribution in [0.5, 0.6) is 0 Å². The average molecular weight is 287 g/mol. The van der Waals surface area contributed by atoms with Gasteiger partial charge in [-0.2, -0.15) is 0 Å². The molecule has 4 nitrogen and oxygen atoms in total. The molecule has 4 heteroatoms. The van der Waals surface area contributed by atoms with Gasteiger partial charge < -0.3 is 10.3 Å². The summed E-state index contributed by atoms with van der Waals surface area (Å²) in [4.78, 5) is 16.1. The zero-order chi connectivity index (χ0) is 15.6. The number of rotatable bonds is 6. The van der Waals surface area contributed by atoms with Gasteiger partial charge in [0.15, 0.2) is 0 Å². The monoisotopic (exact) mass is 287 g/mol. The Morgan fingerprint density at radius 2 is 2.10 bits per heavy atom. The van der Waals surface area contributed by atoms with Crippen LogP contribution in [0.4, 0.5) is 0 Å². The quantitative estimate of drug-likeness (QED) is 0.886. The lowest BCUT2D eigenvalue weighted by atomic mass is 10.0. The van der Waals surface area contributed by atoms with Gasteiger partial charge in [-0.3, -0.25) is 4.79 Å². The van der Waals surface area contributed by atoms with Crippen LogP contribution in [-0.4, -0.2) is 15.3 Å². The molecule has 0 saturated carbocycles. The van der Waals surface area contributed by atoms with Gasteiger partial charge in [-0.05, 0) is 43.9 Å². The van der Waals surface area contributed by atoms with Crippen molar-refractivity contribution in [3.8, 4) is 0 Å². The van der Waals surface area contributed by atoms with E-state index in [0.29, 0.717) is 18.9 Å². The minimum Gasteiger partial charge on any atom is -0.326 e. The third kappa shape index (κ3) is 3.70. The lowest BCUT2D eigenvalue weighted by Gasteiger charge is -2.16. The number of carbonyl (C=O) groups excluding carboxylic acids is 1. The summed E-state index contributed by atoms with van der Waals surface area (Å²) >= 11 is 0. The lowest BCUT2D eigenvalue weighted by Crippen LogP contribution is -2.19. The predicted octanol–water partition coefficient (Wildman–Crippen LogP) is 3.37. The Hall–Kier alpha value is -1.68. The summed E-state index contributed by atoms with van der Waals surface area (Å²) in [7, 11) is 0. The van der Waals surface area contributed by atoms with Crippen molar-refractivity contribution in [1.29, 1.82) is 0 Å².